The van der Waals surface area contributed by atoms with Crippen molar-refractivity contribution < 1.29 is 13.9 Å². The van der Waals surface area contributed by atoms with Crippen molar-refractivity contribution in [1.29, 1.82) is 0 Å². The van der Waals surface area contributed by atoms with Gasteiger partial charge in [-0.15, -0.1) is 0 Å². The largest absolute Gasteiger partial charge is 0.465 e. The van der Waals surface area contributed by atoms with E-state index in [1.54, 1.807) is 30.0 Å². The molecule has 1 aromatic heterocycles. The molecule has 21 heavy (non-hydrogen) atoms. The molecule has 0 aliphatic rings. The summed E-state index contributed by atoms with van der Waals surface area (Å²) in [5.41, 5.74) is 1.12. The number of methoxy groups -OCH3 is 1. The van der Waals surface area contributed by atoms with Crippen LogP contribution in [0, 0.1) is 0 Å². The normalized spacial score (nSPS) is 10.4. The van der Waals surface area contributed by atoms with Crippen molar-refractivity contribution in [2.45, 2.75) is 12.3 Å². The summed E-state index contributed by atoms with van der Waals surface area (Å²) < 4.78 is 10.4. The van der Waals surface area contributed by atoms with Crippen molar-refractivity contribution in [1.82, 2.24) is 0 Å². The molecule has 4 nitrogen and oxygen atoms in total. The molecule has 0 saturated heterocycles. The van der Waals surface area contributed by atoms with E-state index in [0.717, 1.165) is 23.0 Å². The van der Waals surface area contributed by atoms with Crippen LogP contribution in [0.15, 0.2) is 34.7 Å². The smallest absolute Gasteiger partial charge is 0.339 e. The average Bonchev–Trinajstić information content (AvgIpc) is 2.94. The van der Waals surface area contributed by atoms with E-state index in [9.17, 15) is 4.79 Å². The number of hydrogen-bond donors (Lipinski definition) is 1. The van der Waals surface area contributed by atoms with Gasteiger partial charge in [-0.05, 0) is 36.6 Å². The summed E-state index contributed by atoms with van der Waals surface area (Å²) in [4.78, 5) is 11.6. The van der Waals surface area contributed by atoms with E-state index in [0.29, 0.717) is 17.1 Å². The van der Waals surface area contributed by atoms with E-state index in [4.69, 9.17) is 20.8 Å². The van der Waals surface area contributed by atoms with E-state index < -0.39 is 5.97 Å². The number of benzene rings is 1. The Balaban J connectivity index is 2.04. The molecule has 1 N–H and O–H groups in total. The van der Waals surface area contributed by atoms with Gasteiger partial charge in [0.1, 0.15) is 11.5 Å². The summed E-state index contributed by atoms with van der Waals surface area (Å²) in [6.07, 6.45) is 2.03. The first-order chi connectivity index (χ1) is 10.1. The number of hydrogen-bond acceptors (Lipinski definition) is 5. The molecule has 0 fully saturated rings. The third-order valence-electron chi connectivity index (χ3n) is 2.84. The highest BCUT2D eigenvalue weighted by Crippen LogP contribution is 2.22. The first-order valence-electron chi connectivity index (χ1n) is 6.32. The lowest BCUT2D eigenvalue weighted by Crippen LogP contribution is -2.04. The predicted octanol–water partition coefficient (Wildman–Crippen LogP) is 4.19. The molecular formula is C15H16ClNO3S. The Morgan fingerprint density at radius 1 is 1.33 bits per heavy atom. The van der Waals surface area contributed by atoms with Gasteiger partial charge in [-0.1, -0.05) is 11.6 Å². The van der Waals surface area contributed by atoms with Crippen molar-refractivity contribution in [2.24, 2.45) is 0 Å². The van der Waals surface area contributed by atoms with Gasteiger partial charge in [-0.25, -0.2) is 4.79 Å². The Hall–Kier alpha value is -1.59. The summed E-state index contributed by atoms with van der Waals surface area (Å²) in [6, 6.07) is 9.04. The van der Waals surface area contributed by atoms with Crippen molar-refractivity contribution in [3.05, 3.63) is 52.4 Å². The minimum absolute atomic E-state index is 0.340. The minimum Gasteiger partial charge on any atom is -0.465 e. The van der Waals surface area contributed by atoms with Crippen LogP contribution in [0.3, 0.4) is 0 Å². The van der Waals surface area contributed by atoms with Crippen LogP contribution >= 0.6 is 23.4 Å². The predicted molar refractivity (Wildman–Crippen MR) is 86.0 cm³/mol. The fourth-order valence-corrected chi connectivity index (χ4v) is 2.46. The van der Waals surface area contributed by atoms with Crippen LogP contribution in [0.5, 0.6) is 0 Å². The maximum Gasteiger partial charge on any atom is 0.339 e. The summed E-state index contributed by atoms with van der Waals surface area (Å²) in [7, 11) is 1.33. The van der Waals surface area contributed by atoms with Gasteiger partial charge in [0.2, 0.25) is 0 Å². The van der Waals surface area contributed by atoms with Crippen molar-refractivity contribution >= 4 is 35.0 Å². The number of anilines is 1. The van der Waals surface area contributed by atoms with Gasteiger partial charge >= 0.3 is 5.97 Å². The molecule has 0 spiro atoms. The molecule has 2 aromatic rings. The monoisotopic (exact) mass is 325 g/mol. The quantitative estimate of drug-likeness (QED) is 0.807. The van der Waals surface area contributed by atoms with E-state index >= 15 is 0 Å². The van der Waals surface area contributed by atoms with Gasteiger partial charge in [0.05, 0.1) is 30.0 Å². The molecule has 2 rings (SSSR count). The second-order valence-electron chi connectivity index (χ2n) is 4.34. The number of furan rings is 1. The lowest BCUT2D eigenvalue weighted by Gasteiger charge is -2.08. The maximum atomic E-state index is 11.6. The van der Waals surface area contributed by atoms with Gasteiger partial charge in [-0.3, -0.25) is 0 Å². The first kappa shape index (κ1) is 15.8. The first-order valence-corrected chi connectivity index (χ1v) is 8.09. The van der Waals surface area contributed by atoms with Crippen LogP contribution in [0.25, 0.3) is 0 Å². The zero-order valence-electron chi connectivity index (χ0n) is 11.8. The third-order valence-corrected chi connectivity index (χ3v) is 3.75. The van der Waals surface area contributed by atoms with Crippen LogP contribution in [0.1, 0.15) is 21.9 Å². The molecule has 1 aromatic carbocycles. The molecule has 0 aliphatic carbocycles. The Morgan fingerprint density at radius 2 is 2.10 bits per heavy atom. The molecule has 1 heterocycles. The molecule has 0 aliphatic heterocycles. The summed E-state index contributed by atoms with van der Waals surface area (Å²) in [6.45, 7) is 0.538. The number of thioether (sulfide) groups is 1. The lowest BCUT2D eigenvalue weighted by molar-refractivity contribution is 0.0601. The second-order valence-corrected chi connectivity index (χ2v) is 5.61. The van der Waals surface area contributed by atoms with E-state index in [2.05, 4.69) is 5.32 Å². The number of esters is 1. The fourth-order valence-electron chi connectivity index (χ4n) is 1.83. The van der Waals surface area contributed by atoms with Gasteiger partial charge in [0, 0.05) is 5.69 Å². The van der Waals surface area contributed by atoms with Crippen LogP contribution in [-0.2, 0) is 17.0 Å². The number of nitrogens with one attached hydrogen (secondary N) is 1. The van der Waals surface area contributed by atoms with Gasteiger partial charge in [-0.2, -0.15) is 11.8 Å². The molecule has 0 radical (unpaired) electrons. The van der Waals surface area contributed by atoms with E-state index in [1.165, 1.54) is 7.11 Å². The Labute approximate surface area is 132 Å². The number of carbonyl (C=O) groups excluding carboxylic acids is 1. The molecule has 0 bridgehead atoms. The Bertz CT molecular complexity index is 627. The zero-order valence-corrected chi connectivity index (χ0v) is 13.4. The van der Waals surface area contributed by atoms with Crippen molar-refractivity contribution in [2.75, 3.05) is 18.7 Å². The Kier molecular flexibility index (Phi) is 5.59. The van der Waals surface area contributed by atoms with Gasteiger partial charge in [0.15, 0.2) is 0 Å². The molecular weight excluding hydrogens is 310 g/mol. The number of carbonyl (C=O) groups is 1. The van der Waals surface area contributed by atoms with Gasteiger partial charge < -0.3 is 14.5 Å². The average molecular weight is 326 g/mol. The van der Waals surface area contributed by atoms with Crippen LogP contribution < -0.4 is 5.32 Å². The van der Waals surface area contributed by atoms with Crippen LogP contribution in [0.4, 0.5) is 5.69 Å². The van der Waals surface area contributed by atoms with Crippen molar-refractivity contribution in [3.8, 4) is 0 Å². The molecule has 0 unspecified atom stereocenters. The van der Waals surface area contributed by atoms with Crippen LogP contribution in [0.2, 0.25) is 5.02 Å². The molecule has 0 saturated carbocycles. The summed E-state index contributed by atoms with van der Waals surface area (Å²) >= 11 is 7.69. The van der Waals surface area contributed by atoms with Crippen LogP contribution in [-0.4, -0.2) is 19.3 Å². The molecule has 0 amide bonds. The Morgan fingerprint density at radius 3 is 2.81 bits per heavy atom. The third kappa shape index (κ3) is 4.19. The van der Waals surface area contributed by atoms with E-state index in [1.807, 2.05) is 18.4 Å². The maximum absolute atomic E-state index is 11.6. The second kappa shape index (κ2) is 7.43. The summed E-state index contributed by atoms with van der Waals surface area (Å²) in [5, 5.41) is 3.56. The SMILES string of the molecule is COC(=O)c1cc(NCc2ccc(CSC)o2)ccc1Cl. The molecule has 0 atom stereocenters. The highest BCUT2D eigenvalue weighted by Gasteiger charge is 2.11. The summed E-state index contributed by atoms with van der Waals surface area (Å²) in [5.74, 6) is 2.19. The highest BCUT2D eigenvalue weighted by molar-refractivity contribution is 7.97. The van der Waals surface area contributed by atoms with Crippen molar-refractivity contribution in [3.63, 3.8) is 0 Å². The molecule has 112 valence electrons. The van der Waals surface area contributed by atoms with Gasteiger partial charge in [0.25, 0.3) is 0 Å². The highest BCUT2D eigenvalue weighted by atomic mass is 35.5. The molecule has 6 heteroatoms. The van der Waals surface area contributed by atoms with E-state index in [-0.39, 0.29) is 0 Å². The number of rotatable bonds is 6. The number of halogens is 1. The lowest BCUT2D eigenvalue weighted by atomic mass is 10.2. The number of ether oxygens (including phenoxy) is 1. The fraction of sp³-hybridized carbons (Fsp3) is 0.267. The topological polar surface area (TPSA) is 51.5 Å². The zero-order chi connectivity index (χ0) is 15.2. The minimum atomic E-state index is -0.455. The standard InChI is InChI=1S/C15H16ClNO3S/c1-19-15(18)13-7-10(3-6-14(13)16)17-8-11-4-5-12(20-11)9-21-2/h3-7,17H,8-9H2,1-2H3.